The molecule has 0 saturated heterocycles. The molecular formula is C17H21F3NO4P. The minimum Gasteiger partial charge on any atom is -0.444 e. The third-order valence-electron chi connectivity index (χ3n) is 2.76. The molecule has 1 amide bonds. The van der Waals surface area contributed by atoms with Gasteiger partial charge in [-0.15, -0.1) is 13.2 Å². The van der Waals surface area contributed by atoms with Crippen molar-refractivity contribution in [2.45, 2.75) is 32.7 Å². The quantitative estimate of drug-likeness (QED) is 0.630. The zero-order valence-electron chi connectivity index (χ0n) is 15.2. The second kappa shape index (κ2) is 8.05. The highest BCUT2D eigenvalue weighted by Crippen LogP contribution is 2.37. The van der Waals surface area contributed by atoms with E-state index in [-0.39, 0.29) is 17.4 Å². The van der Waals surface area contributed by atoms with Gasteiger partial charge in [-0.25, -0.2) is 4.79 Å². The molecule has 0 spiro atoms. The van der Waals surface area contributed by atoms with E-state index in [9.17, 15) is 22.5 Å². The van der Waals surface area contributed by atoms with E-state index in [1.54, 1.807) is 20.8 Å². The third-order valence-corrected chi connectivity index (χ3v) is 4.28. The Bertz CT molecular complexity index is 767. The van der Waals surface area contributed by atoms with Crippen molar-refractivity contribution in [3.05, 3.63) is 23.8 Å². The number of rotatable bonds is 3. The van der Waals surface area contributed by atoms with Crippen LogP contribution in [0.2, 0.25) is 0 Å². The first-order valence-electron chi connectivity index (χ1n) is 7.58. The van der Waals surface area contributed by atoms with Crippen LogP contribution in [-0.4, -0.2) is 37.9 Å². The van der Waals surface area contributed by atoms with Crippen LogP contribution in [0.15, 0.2) is 18.2 Å². The van der Waals surface area contributed by atoms with Crippen LogP contribution < -0.4 is 15.4 Å². The molecule has 0 radical (unpaired) electrons. The minimum atomic E-state index is -4.91. The highest BCUT2D eigenvalue weighted by molar-refractivity contribution is 7.70. The highest BCUT2D eigenvalue weighted by atomic mass is 31.2. The molecule has 1 N–H and O–H groups in total. The predicted molar refractivity (Wildman–Crippen MR) is 93.3 cm³/mol. The second-order valence-electron chi connectivity index (χ2n) is 6.74. The molecule has 0 fully saturated rings. The topological polar surface area (TPSA) is 64.6 Å². The van der Waals surface area contributed by atoms with Gasteiger partial charge in [0.25, 0.3) is 0 Å². The number of hydrogen-bond acceptors (Lipinski definition) is 4. The van der Waals surface area contributed by atoms with Crippen molar-refractivity contribution in [1.29, 1.82) is 0 Å². The fourth-order valence-electron chi connectivity index (χ4n) is 1.73. The Morgan fingerprint density at radius 2 is 1.85 bits per heavy atom. The van der Waals surface area contributed by atoms with E-state index in [4.69, 9.17) is 4.74 Å². The lowest BCUT2D eigenvalue weighted by Crippen LogP contribution is -2.32. The van der Waals surface area contributed by atoms with Gasteiger partial charge in [0, 0.05) is 5.30 Å². The molecule has 0 aliphatic carbocycles. The smallest absolute Gasteiger partial charge is 0.444 e. The van der Waals surface area contributed by atoms with Gasteiger partial charge in [0.1, 0.15) is 18.5 Å². The third kappa shape index (κ3) is 8.30. The summed E-state index contributed by atoms with van der Waals surface area (Å²) in [5.41, 5.74) is -0.708. The number of alkyl carbamates (subject to hydrolysis) is 1. The van der Waals surface area contributed by atoms with Crippen LogP contribution in [0.1, 0.15) is 26.3 Å². The van der Waals surface area contributed by atoms with E-state index in [0.29, 0.717) is 0 Å². The lowest BCUT2D eigenvalue weighted by Gasteiger charge is -2.19. The van der Waals surface area contributed by atoms with Gasteiger partial charge >= 0.3 is 12.5 Å². The van der Waals surface area contributed by atoms with Crippen LogP contribution in [0.5, 0.6) is 5.75 Å². The van der Waals surface area contributed by atoms with Gasteiger partial charge in [-0.05, 0) is 46.2 Å². The summed E-state index contributed by atoms with van der Waals surface area (Å²) in [6.45, 7) is 7.84. The van der Waals surface area contributed by atoms with Gasteiger partial charge in [-0.1, -0.05) is 17.9 Å². The summed E-state index contributed by atoms with van der Waals surface area (Å²) in [4.78, 5) is 11.5. The molecule has 1 rings (SSSR count). The molecule has 0 unspecified atom stereocenters. The first kappa shape index (κ1) is 21.9. The van der Waals surface area contributed by atoms with Crippen LogP contribution >= 0.6 is 7.14 Å². The molecule has 9 heteroatoms. The molecule has 26 heavy (non-hydrogen) atoms. The van der Waals surface area contributed by atoms with Crippen molar-refractivity contribution in [3.8, 4) is 17.6 Å². The Hall–Kier alpha value is -2.13. The first-order valence-corrected chi connectivity index (χ1v) is 10.2. The second-order valence-corrected chi connectivity index (χ2v) is 9.95. The average molecular weight is 391 g/mol. The van der Waals surface area contributed by atoms with Gasteiger partial charge < -0.3 is 19.4 Å². The van der Waals surface area contributed by atoms with E-state index in [1.165, 1.54) is 25.5 Å². The monoisotopic (exact) mass is 391 g/mol. The van der Waals surface area contributed by atoms with Gasteiger partial charge in [0.05, 0.1) is 12.1 Å². The van der Waals surface area contributed by atoms with Crippen molar-refractivity contribution in [3.63, 3.8) is 0 Å². The van der Waals surface area contributed by atoms with E-state index in [0.717, 1.165) is 6.07 Å². The number of ether oxygens (including phenoxy) is 2. The van der Waals surface area contributed by atoms with Gasteiger partial charge in [0.2, 0.25) is 0 Å². The molecule has 144 valence electrons. The maximum absolute atomic E-state index is 12.6. The maximum Gasteiger partial charge on any atom is 0.573 e. The van der Waals surface area contributed by atoms with Crippen LogP contribution in [-0.2, 0) is 9.30 Å². The number of hydrogen-bond donors (Lipinski definition) is 1. The first-order chi connectivity index (χ1) is 11.7. The number of carbonyl (C=O) groups is 1. The Balaban J connectivity index is 2.96. The van der Waals surface area contributed by atoms with Crippen LogP contribution in [0.3, 0.4) is 0 Å². The molecule has 0 saturated carbocycles. The number of carbonyl (C=O) groups excluding carboxylic acids is 1. The summed E-state index contributed by atoms with van der Waals surface area (Å²) >= 11 is 0. The van der Waals surface area contributed by atoms with Crippen molar-refractivity contribution in [2.24, 2.45) is 0 Å². The number of alkyl halides is 3. The van der Waals surface area contributed by atoms with Crippen molar-refractivity contribution >= 4 is 18.5 Å². The SMILES string of the molecule is CC(C)(C)OC(=O)NCC#Cc1ccc(P(C)(C)=O)cc1OC(F)(F)F. The molecule has 1 aromatic rings. The molecule has 0 aliphatic heterocycles. The van der Waals surface area contributed by atoms with E-state index >= 15 is 0 Å². The molecule has 0 heterocycles. The van der Waals surface area contributed by atoms with Gasteiger partial charge in [0.15, 0.2) is 0 Å². The zero-order chi connectivity index (χ0) is 20.2. The number of nitrogens with one attached hydrogen (secondary N) is 1. The summed E-state index contributed by atoms with van der Waals surface area (Å²) in [5.74, 6) is 4.48. The standard InChI is InChI=1S/C17H21F3NO4P/c1-16(2,3)25-15(22)21-10-6-7-12-8-9-13(26(4,5)23)11-14(12)24-17(18,19)20/h8-9,11H,10H2,1-5H3,(H,21,22). The molecule has 0 atom stereocenters. The summed E-state index contributed by atoms with van der Waals surface area (Å²) < 4.78 is 58.8. The number of halogens is 3. The summed E-state index contributed by atoms with van der Waals surface area (Å²) in [6, 6.07) is 3.81. The lowest BCUT2D eigenvalue weighted by molar-refractivity contribution is -0.274. The average Bonchev–Trinajstić information content (AvgIpc) is 2.40. The number of amides is 1. The lowest BCUT2D eigenvalue weighted by atomic mass is 10.2. The highest BCUT2D eigenvalue weighted by Gasteiger charge is 2.32. The fraction of sp³-hybridized carbons (Fsp3) is 0.471. The van der Waals surface area contributed by atoms with Crippen molar-refractivity contribution in [1.82, 2.24) is 5.32 Å². The fourth-order valence-corrected chi connectivity index (χ4v) is 2.59. The molecule has 0 aliphatic rings. The molecule has 0 aromatic heterocycles. The van der Waals surface area contributed by atoms with Crippen molar-refractivity contribution in [2.75, 3.05) is 19.9 Å². The Morgan fingerprint density at radius 1 is 1.23 bits per heavy atom. The Morgan fingerprint density at radius 3 is 2.35 bits per heavy atom. The van der Waals surface area contributed by atoms with E-state index in [1.807, 2.05) is 0 Å². The maximum atomic E-state index is 12.6. The molecule has 0 bridgehead atoms. The van der Waals surface area contributed by atoms with Crippen LogP contribution in [0.25, 0.3) is 0 Å². The van der Waals surface area contributed by atoms with E-state index < -0.39 is 30.9 Å². The largest absolute Gasteiger partial charge is 0.573 e. The minimum absolute atomic E-state index is 0.0366. The normalized spacial score (nSPS) is 12.0. The van der Waals surface area contributed by atoms with E-state index in [2.05, 4.69) is 21.9 Å². The predicted octanol–water partition coefficient (Wildman–Crippen LogP) is 3.71. The summed E-state index contributed by atoms with van der Waals surface area (Å²) in [5, 5.41) is 2.62. The molecule has 5 nitrogen and oxygen atoms in total. The summed E-state index contributed by atoms with van der Waals surface area (Å²) in [6.07, 6.45) is -5.60. The number of benzene rings is 1. The van der Waals surface area contributed by atoms with Gasteiger partial charge in [-0.2, -0.15) is 0 Å². The van der Waals surface area contributed by atoms with Gasteiger partial charge in [-0.3, -0.25) is 0 Å². The zero-order valence-corrected chi connectivity index (χ0v) is 16.0. The summed E-state index contributed by atoms with van der Waals surface area (Å²) in [7, 11) is -2.76. The Labute approximate surface area is 150 Å². The van der Waals surface area contributed by atoms with Crippen LogP contribution in [0, 0.1) is 11.8 Å². The molecular weight excluding hydrogens is 370 g/mol. The van der Waals surface area contributed by atoms with Crippen LogP contribution in [0.4, 0.5) is 18.0 Å². The van der Waals surface area contributed by atoms with Crippen molar-refractivity contribution < 1.29 is 32.0 Å². The molecule has 1 aromatic carbocycles. The Kier molecular flexibility index (Phi) is 6.78.